The maximum atomic E-state index is 10.4. The van der Waals surface area contributed by atoms with E-state index in [0.29, 0.717) is 6.42 Å². The van der Waals surface area contributed by atoms with Gasteiger partial charge in [-0.3, -0.25) is 0 Å². The summed E-state index contributed by atoms with van der Waals surface area (Å²) in [4.78, 5) is 4.25. The van der Waals surface area contributed by atoms with Crippen LogP contribution in [0.5, 0.6) is 0 Å². The highest BCUT2D eigenvalue weighted by atomic mass is 16.3. The van der Waals surface area contributed by atoms with Gasteiger partial charge in [0.1, 0.15) is 5.82 Å². The summed E-state index contributed by atoms with van der Waals surface area (Å²) in [6.07, 6.45) is 7.74. The smallest absolute Gasteiger partial charge is 0.111 e. The third-order valence-corrected chi connectivity index (χ3v) is 3.37. The Bertz CT molecular complexity index is 326. The summed E-state index contributed by atoms with van der Waals surface area (Å²) < 4.78 is 1.96. The first-order chi connectivity index (χ1) is 7.09. The Morgan fingerprint density at radius 1 is 1.60 bits per heavy atom. The zero-order valence-corrected chi connectivity index (χ0v) is 9.19. The van der Waals surface area contributed by atoms with Gasteiger partial charge in [-0.25, -0.2) is 4.98 Å². The molecule has 0 saturated heterocycles. The molecule has 2 rings (SSSR count). The highest BCUT2D eigenvalue weighted by Crippen LogP contribution is 2.30. The lowest BCUT2D eigenvalue weighted by Crippen LogP contribution is -2.40. The fourth-order valence-electron chi connectivity index (χ4n) is 2.22. The van der Waals surface area contributed by atoms with Crippen molar-refractivity contribution in [3.8, 4) is 0 Å². The van der Waals surface area contributed by atoms with Crippen LogP contribution in [0.3, 0.4) is 0 Å². The van der Waals surface area contributed by atoms with Crippen LogP contribution in [-0.4, -0.2) is 26.3 Å². The van der Waals surface area contributed by atoms with Gasteiger partial charge in [-0.15, -0.1) is 0 Å². The number of rotatable bonds is 2. The largest absolute Gasteiger partial charge is 0.389 e. The molecule has 1 aliphatic carbocycles. The van der Waals surface area contributed by atoms with E-state index < -0.39 is 5.60 Å². The molecule has 0 aromatic carbocycles. The lowest BCUT2D eigenvalue weighted by atomic mass is 9.80. The SMILES string of the molecule is Cn1ccnc1CC1(O)CCC(N)CC1. The minimum atomic E-state index is -0.588. The Morgan fingerprint density at radius 3 is 2.80 bits per heavy atom. The van der Waals surface area contributed by atoms with Crippen LogP contribution in [0.25, 0.3) is 0 Å². The Kier molecular flexibility index (Phi) is 2.80. The van der Waals surface area contributed by atoms with E-state index in [0.717, 1.165) is 31.5 Å². The van der Waals surface area contributed by atoms with Gasteiger partial charge < -0.3 is 15.4 Å². The second-order valence-corrected chi connectivity index (χ2v) is 4.69. The first kappa shape index (κ1) is 10.6. The van der Waals surface area contributed by atoms with Crippen molar-refractivity contribution in [1.29, 1.82) is 0 Å². The van der Waals surface area contributed by atoms with E-state index in [4.69, 9.17) is 5.73 Å². The molecular weight excluding hydrogens is 190 g/mol. The summed E-state index contributed by atoms with van der Waals surface area (Å²) in [5.74, 6) is 0.952. The van der Waals surface area contributed by atoms with Crippen molar-refractivity contribution < 1.29 is 5.11 Å². The fraction of sp³-hybridized carbons (Fsp3) is 0.727. The maximum absolute atomic E-state index is 10.4. The molecular formula is C11H19N3O. The summed E-state index contributed by atoms with van der Waals surface area (Å²) in [6, 6.07) is 0.270. The first-order valence-electron chi connectivity index (χ1n) is 5.53. The number of imidazole rings is 1. The van der Waals surface area contributed by atoms with E-state index in [9.17, 15) is 5.11 Å². The standard InChI is InChI=1S/C11H19N3O/c1-14-7-6-13-10(14)8-11(15)4-2-9(12)3-5-11/h6-7,9,15H,2-5,8,12H2,1H3. The Morgan fingerprint density at radius 2 is 2.27 bits per heavy atom. The van der Waals surface area contributed by atoms with Crippen molar-refractivity contribution >= 4 is 0 Å². The molecule has 1 aromatic heterocycles. The van der Waals surface area contributed by atoms with Gasteiger partial charge in [0.2, 0.25) is 0 Å². The van der Waals surface area contributed by atoms with Crippen LogP contribution in [-0.2, 0) is 13.5 Å². The van der Waals surface area contributed by atoms with Crippen LogP contribution < -0.4 is 5.73 Å². The summed E-state index contributed by atoms with van der Waals surface area (Å²) in [5.41, 5.74) is 5.24. The third-order valence-electron chi connectivity index (χ3n) is 3.37. The Hall–Kier alpha value is -0.870. The van der Waals surface area contributed by atoms with Crippen molar-refractivity contribution in [3.63, 3.8) is 0 Å². The highest BCUT2D eigenvalue weighted by Gasteiger charge is 2.33. The number of aliphatic hydroxyl groups is 1. The van der Waals surface area contributed by atoms with Crippen molar-refractivity contribution in [2.75, 3.05) is 0 Å². The first-order valence-corrected chi connectivity index (χ1v) is 5.53. The molecule has 0 spiro atoms. The predicted octanol–water partition coefficient (Wildman–Crippen LogP) is 0.595. The summed E-state index contributed by atoms with van der Waals surface area (Å²) in [7, 11) is 1.96. The minimum absolute atomic E-state index is 0.270. The molecule has 3 N–H and O–H groups in total. The molecule has 0 aliphatic heterocycles. The quantitative estimate of drug-likeness (QED) is 0.749. The number of aryl methyl sites for hydroxylation is 1. The van der Waals surface area contributed by atoms with Gasteiger partial charge in [0.05, 0.1) is 5.60 Å². The monoisotopic (exact) mass is 209 g/mol. The van der Waals surface area contributed by atoms with E-state index in [1.165, 1.54) is 0 Å². The number of nitrogens with zero attached hydrogens (tertiary/aromatic N) is 2. The molecule has 0 amide bonds. The number of hydrogen-bond donors (Lipinski definition) is 2. The fourth-order valence-corrected chi connectivity index (χ4v) is 2.22. The van der Waals surface area contributed by atoms with E-state index >= 15 is 0 Å². The zero-order chi connectivity index (χ0) is 10.9. The second kappa shape index (κ2) is 3.94. The molecule has 1 saturated carbocycles. The average Bonchev–Trinajstić information content (AvgIpc) is 2.58. The molecule has 4 heteroatoms. The Labute approximate surface area is 90.1 Å². The normalized spacial score (nSPS) is 31.8. The van der Waals surface area contributed by atoms with Gasteiger partial charge in [-0.1, -0.05) is 0 Å². The molecule has 1 fully saturated rings. The molecule has 84 valence electrons. The van der Waals surface area contributed by atoms with Gasteiger partial charge in [0.25, 0.3) is 0 Å². The molecule has 1 aliphatic rings. The molecule has 1 aromatic rings. The van der Waals surface area contributed by atoms with Crippen molar-refractivity contribution in [2.24, 2.45) is 12.8 Å². The number of aromatic nitrogens is 2. The molecule has 0 bridgehead atoms. The van der Waals surface area contributed by atoms with Gasteiger partial charge in [-0.2, -0.15) is 0 Å². The van der Waals surface area contributed by atoms with Crippen LogP contribution in [0.15, 0.2) is 12.4 Å². The topological polar surface area (TPSA) is 64.1 Å². The van der Waals surface area contributed by atoms with Gasteiger partial charge in [0.15, 0.2) is 0 Å². The number of hydrogen-bond acceptors (Lipinski definition) is 3. The summed E-state index contributed by atoms with van der Waals surface area (Å²) in [6.45, 7) is 0. The van der Waals surface area contributed by atoms with E-state index in [2.05, 4.69) is 4.98 Å². The van der Waals surface area contributed by atoms with Crippen LogP contribution in [0.4, 0.5) is 0 Å². The molecule has 15 heavy (non-hydrogen) atoms. The molecule has 0 radical (unpaired) electrons. The zero-order valence-electron chi connectivity index (χ0n) is 9.19. The lowest BCUT2D eigenvalue weighted by molar-refractivity contribution is -0.00196. The highest BCUT2D eigenvalue weighted by molar-refractivity contribution is 5.00. The van der Waals surface area contributed by atoms with E-state index in [1.807, 2.05) is 17.8 Å². The maximum Gasteiger partial charge on any atom is 0.111 e. The van der Waals surface area contributed by atoms with Crippen LogP contribution in [0.1, 0.15) is 31.5 Å². The molecule has 1 heterocycles. The molecule has 4 nitrogen and oxygen atoms in total. The van der Waals surface area contributed by atoms with Crippen LogP contribution in [0.2, 0.25) is 0 Å². The van der Waals surface area contributed by atoms with Crippen LogP contribution in [0, 0.1) is 0 Å². The second-order valence-electron chi connectivity index (χ2n) is 4.69. The average molecular weight is 209 g/mol. The predicted molar refractivity (Wildman–Crippen MR) is 58.3 cm³/mol. The van der Waals surface area contributed by atoms with E-state index in [-0.39, 0.29) is 6.04 Å². The minimum Gasteiger partial charge on any atom is -0.389 e. The van der Waals surface area contributed by atoms with Crippen LogP contribution >= 0.6 is 0 Å². The Balaban J connectivity index is 2.02. The van der Waals surface area contributed by atoms with Gasteiger partial charge >= 0.3 is 0 Å². The molecule has 0 atom stereocenters. The number of nitrogens with two attached hydrogens (primary N) is 1. The van der Waals surface area contributed by atoms with Crippen molar-refractivity contribution in [2.45, 2.75) is 43.7 Å². The third kappa shape index (κ3) is 2.38. The van der Waals surface area contributed by atoms with Crippen molar-refractivity contribution in [3.05, 3.63) is 18.2 Å². The summed E-state index contributed by atoms with van der Waals surface area (Å²) in [5, 5.41) is 10.4. The van der Waals surface area contributed by atoms with Gasteiger partial charge in [0, 0.05) is 31.9 Å². The van der Waals surface area contributed by atoms with Gasteiger partial charge in [-0.05, 0) is 25.7 Å². The lowest BCUT2D eigenvalue weighted by Gasteiger charge is -2.34. The molecule has 0 unspecified atom stereocenters. The van der Waals surface area contributed by atoms with E-state index in [1.54, 1.807) is 6.20 Å². The van der Waals surface area contributed by atoms with Crippen molar-refractivity contribution in [1.82, 2.24) is 9.55 Å². The summed E-state index contributed by atoms with van der Waals surface area (Å²) >= 11 is 0.